The Labute approximate surface area is 91.7 Å². The molecule has 3 nitrogen and oxygen atoms in total. The number of nitrogen functional groups attached to an aromatic ring is 1. The molecule has 3 heteroatoms. The van der Waals surface area contributed by atoms with Crippen LogP contribution in [0.4, 0.5) is 5.82 Å². The number of hydrogen-bond donors (Lipinski definition) is 1. The highest BCUT2D eigenvalue weighted by molar-refractivity contribution is 5.43. The SMILES string of the molecule is CC(C)(C)n1nc(N)c2c1CCCCC2. The number of anilines is 1. The summed E-state index contributed by atoms with van der Waals surface area (Å²) < 4.78 is 2.13. The summed E-state index contributed by atoms with van der Waals surface area (Å²) in [6, 6.07) is 0. The third-order valence-corrected chi connectivity index (χ3v) is 3.10. The van der Waals surface area contributed by atoms with Gasteiger partial charge in [-0.2, -0.15) is 5.10 Å². The van der Waals surface area contributed by atoms with Gasteiger partial charge in [-0.1, -0.05) is 6.42 Å². The molecular weight excluding hydrogens is 186 g/mol. The zero-order chi connectivity index (χ0) is 11.1. The zero-order valence-electron chi connectivity index (χ0n) is 10.0. The second kappa shape index (κ2) is 3.54. The lowest BCUT2D eigenvalue weighted by molar-refractivity contribution is 0.343. The van der Waals surface area contributed by atoms with Crippen LogP contribution in [0, 0.1) is 0 Å². The molecule has 0 aliphatic heterocycles. The van der Waals surface area contributed by atoms with Gasteiger partial charge in [-0.25, -0.2) is 0 Å². The lowest BCUT2D eigenvalue weighted by Gasteiger charge is -2.22. The summed E-state index contributed by atoms with van der Waals surface area (Å²) in [5, 5.41) is 4.50. The van der Waals surface area contributed by atoms with E-state index in [9.17, 15) is 0 Å². The smallest absolute Gasteiger partial charge is 0.148 e. The molecule has 0 saturated carbocycles. The van der Waals surface area contributed by atoms with Gasteiger partial charge in [0, 0.05) is 11.3 Å². The van der Waals surface area contributed by atoms with Crippen molar-refractivity contribution in [1.29, 1.82) is 0 Å². The lowest BCUT2D eigenvalue weighted by Crippen LogP contribution is -2.25. The molecule has 0 atom stereocenters. The van der Waals surface area contributed by atoms with Crippen molar-refractivity contribution in [2.45, 2.75) is 58.4 Å². The van der Waals surface area contributed by atoms with Crippen molar-refractivity contribution in [3.63, 3.8) is 0 Å². The van der Waals surface area contributed by atoms with E-state index in [4.69, 9.17) is 5.73 Å². The Morgan fingerprint density at radius 2 is 1.80 bits per heavy atom. The average Bonchev–Trinajstić information content (AvgIpc) is 2.37. The van der Waals surface area contributed by atoms with E-state index in [0.29, 0.717) is 0 Å². The fourth-order valence-electron chi connectivity index (χ4n) is 2.36. The molecule has 1 aliphatic carbocycles. The van der Waals surface area contributed by atoms with Gasteiger partial charge in [0.2, 0.25) is 0 Å². The van der Waals surface area contributed by atoms with Crippen LogP contribution in [-0.4, -0.2) is 9.78 Å². The van der Waals surface area contributed by atoms with E-state index in [-0.39, 0.29) is 5.54 Å². The van der Waals surface area contributed by atoms with E-state index in [1.165, 1.54) is 30.5 Å². The van der Waals surface area contributed by atoms with Crippen LogP contribution in [0.1, 0.15) is 51.3 Å². The number of fused-ring (bicyclic) bond motifs is 1. The zero-order valence-corrected chi connectivity index (χ0v) is 10.0. The van der Waals surface area contributed by atoms with Crippen LogP contribution < -0.4 is 5.73 Å². The van der Waals surface area contributed by atoms with E-state index in [0.717, 1.165) is 18.7 Å². The highest BCUT2D eigenvalue weighted by Gasteiger charge is 2.24. The van der Waals surface area contributed by atoms with Crippen molar-refractivity contribution in [3.05, 3.63) is 11.3 Å². The maximum atomic E-state index is 6.00. The van der Waals surface area contributed by atoms with Crippen molar-refractivity contribution in [2.24, 2.45) is 0 Å². The van der Waals surface area contributed by atoms with E-state index >= 15 is 0 Å². The van der Waals surface area contributed by atoms with Crippen LogP contribution in [0.15, 0.2) is 0 Å². The molecule has 1 aromatic rings. The third-order valence-electron chi connectivity index (χ3n) is 3.10. The molecule has 15 heavy (non-hydrogen) atoms. The quantitative estimate of drug-likeness (QED) is 0.664. The molecule has 1 heterocycles. The maximum absolute atomic E-state index is 6.00. The molecule has 1 aromatic heterocycles. The van der Waals surface area contributed by atoms with E-state index < -0.39 is 0 Å². The molecule has 0 radical (unpaired) electrons. The molecule has 0 spiro atoms. The van der Waals surface area contributed by atoms with Crippen LogP contribution in [-0.2, 0) is 18.4 Å². The van der Waals surface area contributed by atoms with Gasteiger partial charge in [-0.3, -0.25) is 4.68 Å². The molecule has 0 aromatic carbocycles. The third kappa shape index (κ3) is 1.87. The van der Waals surface area contributed by atoms with Gasteiger partial charge in [-0.15, -0.1) is 0 Å². The minimum Gasteiger partial charge on any atom is -0.382 e. The average molecular weight is 207 g/mol. The Morgan fingerprint density at radius 1 is 1.13 bits per heavy atom. The van der Waals surface area contributed by atoms with Gasteiger partial charge in [0.15, 0.2) is 0 Å². The summed E-state index contributed by atoms with van der Waals surface area (Å²) >= 11 is 0. The number of rotatable bonds is 0. The summed E-state index contributed by atoms with van der Waals surface area (Å²) in [7, 11) is 0. The summed E-state index contributed by atoms with van der Waals surface area (Å²) in [6.45, 7) is 6.56. The van der Waals surface area contributed by atoms with E-state index in [1.54, 1.807) is 0 Å². The molecule has 0 saturated heterocycles. The first-order valence-corrected chi connectivity index (χ1v) is 5.87. The first-order chi connectivity index (χ1) is 7.00. The highest BCUT2D eigenvalue weighted by Crippen LogP contribution is 2.29. The number of nitrogens with zero attached hydrogens (tertiary/aromatic N) is 2. The molecule has 84 valence electrons. The van der Waals surface area contributed by atoms with Crippen LogP contribution in [0.5, 0.6) is 0 Å². The molecule has 0 bridgehead atoms. The van der Waals surface area contributed by atoms with Crippen LogP contribution in [0.2, 0.25) is 0 Å². The van der Waals surface area contributed by atoms with Gasteiger partial charge >= 0.3 is 0 Å². The summed E-state index contributed by atoms with van der Waals surface area (Å²) in [5.41, 5.74) is 8.72. The molecule has 2 N–H and O–H groups in total. The minimum atomic E-state index is 0.0477. The predicted octanol–water partition coefficient (Wildman–Crippen LogP) is 2.49. The van der Waals surface area contributed by atoms with Gasteiger partial charge < -0.3 is 5.73 Å². The number of hydrogen-bond acceptors (Lipinski definition) is 2. The van der Waals surface area contributed by atoms with E-state index in [2.05, 4.69) is 30.6 Å². The van der Waals surface area contributed by atoms with Crippen molar-refractivity contribution in [2.75, 3.05) is 5.73 Å². The standard InChI is InChI=1S/C12H21N3/c1-12(2,3)15-10-8-6-4-5-7-9(10)11(13)14-15/h4-8H2,1-3H3,(H2,13,14). The Hall–Kier alpha value is -0.990. The maximum Gasteiger partial charge on any atom is 0.148 e. The molecule has 0 unspecified atom stereocenters. The second-order valence-corrected chi connectivity index (χ2v) is 5.45. The first-order valence-electron chi connectivity index (χ1n) is 5.87. The van der Waals surface area contributed by atoms with Crippen molar-refractivity contribution in [3.8, 4) is 0 Å². The predicted molar refractivity (Wildman–Crippen MR) is 62.9 cm³/mol. The Kier molecular flexibility index (Phi) is 2.49. The summed E-state index contributed by atoms with van der Waals surface area (Å²) in [5.74, 6) is 0.752. The van der Waals surface area contributed by atoms with Crippen LogP contribution in [0.25, 0.3) is 0 Å². The number of aromatic nitrogens is 2. The molecule has 0 amide bonds. The van der Waals surface area contributed by atoms with Gasteiger partial charge in [0.05, 0.1) is 5.54 Å². The van der Waals surface area contributed by atoms with Gasteiger partial charge in [-0.05, 0) is 46.5 Å². The molecule has 2 rings (SSSR count). The van der Waals surface area contributed by atoms with Crippen molar-refractivity contribution in [1.82, 2.24) is 9.78 Å². The van der Waals surface area contributed by atoms with Crippen LogP contribution in [0.3, 0.4) is 0 Å². The second-order valence-electron chi connectivity index (χ2n) is 5.45. The first kappa shape index (κ1) is 10.5. The fraction of sp³-hybridized carbons (Fsp3) is 0.750. The fourth-order valence-corrected chi connectivity index (χ4v) is 2.36. The van der Waals surface area contributed by atoms with Gasteiger partial charge in [0.1, 0.15) is 5.82 Å². The largest absolute Gasteiger partial charge is 0.382 e. The van der Waals surface area contributed by atoms with E-state index in [1.807, 2.05) is 0 Å². The molecule has 1 aliphatic rings. The summed E-state index contributed by atoms with van der Waals surface area (Å²) in [4.78, 5) is 0. The van der Waals surface area contributed by atoms with Crippen LogP contribution >= 0.6 is 0 Å². The number of nitrogens with two attached hydrogens (primary N) is 1. The minimum absolute atomic E-state index is 0.0477. The Morgan fingerprint density at radius 3 is 2.47 bits per heavy atom. The lowest BCUT2D eigenvalue weighted by atomic mass is 10.1. The highest BCUT2D eigenvalue weighted by atomic mass is 15.3. The topological polar surface area (TPSA) is 43.8 Å². The van der Waals surface area contributed by atoms with Crippen molar-refractivity contribution < 1.29 is 0 Å². The molecule has 0 fully saturated rings. The Bertz CT molecular complexity index is 358. The molecular formula is C12H21N3. The Balaban J connectivity index is 2.49. The summed E-state index contributed by atoms with van der Waals surface area (Å²) in [6.07, 6.45) is 6.09. The van der Waals surface area contributed by atoms with Gasteiger partial charge in [0.25, 0.3) is 0 Å². The van der Waals surface area contributed by atoms with Crippen molar-refractivity contribution >= 4 is 5.82 Å². The normalized spacial score (nSPS) is 17.3. The monoisotopic (exact) mass is 207 g/mol.